The van der Waals surface area contributed by atoms with Gasteiger partial charge in [-0.2, -0.15) is 0 Å². The zero-order chi connectivity index (χ0) is 15.3. The van der Waals surface area contributed by atoms with Gasteiger partial charge in [-0.05, 0) is 26.2 Å². The molecule has 0 aromatic heterocycles. The minimum absolute atomic E-state index is 0.0860. The molecule has 1 saturated heterocycles. The second-order valence-corrected chi connectivity index (χ2v) is 6.69. The molecular formula is C17H30N2O2. The quantitative estimate of drug-likeness (QED) is 0.766. The fourth-order valence-corrected chi connectivity index (χ4v) is 3.79. The molecule has 1 spiro atoms. The van der Waals surface area contributed by atoms with Crippen molar-refractivity contribution in [2.24, 2.45) is 0 Å². The van der Waals surface area contributed by atoms with Gasteiger partial charge in [-0.15, -0.1) is 0 Å². The Morgan fingerprint density at radius 2 is 1.76 bits per heavy atom. The average molecular weight is 294 g/mol. The number of carbonyl (C=O) groups is 2. The van der Waals surface area contributed by atoms with E-state index in [4.69, 9.17) is 0 Å². The molecule has 1 atom stereocenters. The Balaban J connectivity index is 2.03. The Morgan fingerprint density at radius 3 is 2.43 bits per heavy atom. The molecule has 2 aliphatic rings. The Hall–Kier alpha value is -1.06. The Kier molecular flexibility index (Phi) is 5.65. The Bertz CT molecular complexity index is 375. The maximum atomic E-state index is 12.6. The van der Waals surface area contributed by atoms with Gasteiger partial charge in [0.25, 0.3) is 0 Å². The molecule has 1 saturated carbocycles. The molecule has 0 bridgehead atoms. The summed E-state index contributed by atoms with van der Waals surface area (Å²) in [6.45, 7) is 4.76. The highest BCUT2D eigenvalue weighted by molar-refractivity contribution is 5.99. The van der Waals surface area contributed by atoms with Crippen LogP contribution >= 0.6 is 0 Å². The first-order valence-electron chi connectivity index (χ1n) is 8.74. The lowest BCUT2D eigenvalue weighted by Gasteiger charge is -2.49. The number of piperazine rings is 1. The fraction of sp³-hybridized carbons (Fsp3) is 0.882. The molecule has 0 radical (unpaired) electrons. The van der Waals surface area contributed by atoms with Crippen LogP contribution in [0.3, 0.4) is 0 Å². The lowest BCUT2D eigenvalue weighted by Crippen LogP contribution is -2.70. The van der Waals surface area contributed by atoms with Crippen LogP contribution in [-0.4, -0.2) is 34.8 Å². The summed E-state index contributed by atoms with van der Waals surface area (Å²) in [5, 5.41) is 2.90. The zero-order valence-electron chi connectivity index (χ0n) is 13.6. The van der Waals surface area contributed by atoms with Crippen LogP contribution in [0.5, 0.6) is 0 Å². The van der Waals surface area contributed by atoms with Crippen molar-refractivity contribution < 1.29 is 9.59 Å². The number of nitrogens with zero attached hydrogens (tertiary/aromatic N) is 1. The molecule has 1 N–H and O–H groups in total. The van der Waals surface area contributed by atoms with Crippen molar-refractivity contribution >= 4 is 11.8 Å². The van der Waals surface area contributed by atoms with Crippen LogP contribution in [0.15, 0.2) is 0 Å². The molecule has 2 rings (SSSR count). The highest BCUT2D eigenvalue weighted by atomic mass is 16.2. The van der Waals surface area contributed by atoms with Crippen molar-refractivity contribution in [3.8, 4) is 0 Å². The molecule has 120 valence electrons. The standard InChI is InChI=1S/C17H30N2O2/c1-3-4-5-6-10-13-19-15(20)14(2)18-16(21)17(19)11-8-7-9-12-17/h14H,3-13H2,1-2H3,(H,18,21). The van der Waals surface area contributed by atoms with Gasteiger partial charge in [0.1, 0.15) is 11.6 Å². The molecule has 21 heavy (non-hydrogen) atoms. The highest BCUT2D eigenvalue weighted by Crippen LogP contribution is 2.36. The first kappa shape index (κ1) is 16.3. The van der Waals surface area contributed by atoms with E-state index >= 15 is 0 Å². The number of unbranched alkanes of at least 4 members (excludes halogenated alkanes) is 4. The van der Waals surface area contributed by atoms with Crippen LogP contribution in [0.2, 0.25) is 0 Å². The van der Waals surface area contributed by atoms with Gasteiger partial charge < -0.3 is 10.2 Å². The third kappa shape index (κ3) is 3.41. The van der Waals surface area contributed by atoms with E-state index in [1.807, 2.05) is 4.90 Å². The van der Waals surface area contributed by atoms with Crippen LogP contribution in [-0.2, 0) is 9.59 Å². The van der Waals surface area contributed by atoms with E-state index in [1.165, 1.54) is 25.7 Å². The van der Waals surface area contributed by atoms with Crippen molar-refractivity contribution in [3.05, 3.63) is 0 Å². The molecule has 1 heterocycles. The molecule has 2 fully saturated rings. The molecule has 0 aromatic rings. The third-order valence-electron chi connectivity index (χ3n) is 5.09. The van der Waals surface area contributed by atoms with Crippen molar-refractivity contribution in [1.82, 2.24) is 10.2 Å². The van der Waals surface area contributed by atoms with Crippen LogP contribution in [0, 0.1) is 0 Å². The number of rotatable bonds is 6. The van der Waals surface area contributed by atoms with E-state index in [2.05, 4.69) is 12.2 Å². The number of hydrogen-bond acceptors (Lipinski definition) is 2. The first-order valence-corrected chi connectivity index (χ1v) is 8.74. The average Bonchev–Trinajstić information content (AvgIpc) is 2.49. The second-order valence-electron chi connectivity index (χ2n) is 6.69. The summed E-state index contributed by atoms with van der Waals surface area (Å²) in [5.74, 6) is 0.204. The van der Waals surface area contributed by atoms with Crippen LogP contribution in [0.25, 0.3) is 0 Å². The van der Waals surface area contributed by atoms with E-state index in [0.717, 1.165) is 45.1 Å². The van der Waals surface area contributed by atoms with E-state index in [9.17, 15) is 9.59 Å². The van der Waals surface area contributed by atoms with Crippen molar-refractivity contribution in [2.45, 2.75) is 89.6 Å². The predicted octanol–water partition coefficient (Wildman–Crippen LogP) is 3.01. The van der Waals surface area contributed by atoms with E-state index in [1.54, 1.807) is 6.92 Å². The summed E-state index contributed by atoms with van der Waals surface area (Å²) in [4.78, 5) is 27.1. The summed E-state index contributed by atoms with van der Waals surface area (Å²) in [6.07, 6.45) is 10.9. The molecule has 4 heteroatoms. The molecule has 4 nitrogen and oxygen atoms in total. The van der Waals surface area contributed by atoms with Gasteiger partial charge in [-0.3, -0.25) is 9.59 Å². The monoisotopic (exact) mass is 294 g/mol. The summed E-state index contributed by atoms with van der Waals surface area (Å²) in [7, 11) is 0. The predicted molar refractivity (Wildman–Crippen MR) is 83.9 cm³/mol. The lowest BCUT2D eigenvalue weighted by atomic mass is 9.77. The second kappa shape index (κ2) is 7.28. The third-order valence-corrected chi connectivity index (χ3v) is 5.09. The number of nitrogens with one attached hydrogen (secondary N) is 1. The van der Waals surface area contributed by atoms with Gasteiger partial charge in [-0.25, -0.2) is 0 Å². The maximum Gasteiger partial charge on any atom is 0.246 e. The van der Waals surface area contributed by atoms with Crippen LogP contribution in [0.1, 0.15) is 78.1 Å². The van der Waals surface area contributed by atoms with E-state index in [0.29, 0.717) is 0 Å². The lowest BCUT2D eigenvalue weighted by molar-refractivity contribution is -0.159. The van der Waals surface area contributed by atoms with Gasteiger partial charge in [0.15, 0.2) is 0 Å². The van der Waals surface area contributed by atoms with Gasteiger partial charge in [0.05, 0.1) is 0 Å². The van der Waals surface area contributed by atoms with Gasteiger partial charge in [0.2, 0.25) is 11.8 Å². The summed E-state index contributed by atoms with van der Waals surface area (Å²) in [5.41, 5.74) is -0.535. The Labute approximate surface area is 128 Å². The molecule has 1 unspecified atom stereocenters. The summed E-state index contributed by atoms with van der Waals surface area (Å²) >= 11 is 0. The Morgan fingerprint density at radius 1 is 1.10 bits per heavy atom. The molecule has 2 amide bonds. The zero-order valence-corrected chi connectivity index (χ0v) is 13.6. The highest BCUT2D eigenvalue weighted by Gasteiger charge is 2.51. The van der Waals surface area contributed by atoms with Crippen LogP contribution in [0.4, 0.5) is 0 Å². The largest absolute Gasteiger partial charge is 0.343 e. The normalized spacial score (nSPS) is 25.2. The molecule has 1 aliphatic carbocycles. The van der Waals surface area contributed by atoms with Crippen molar-refractivity contribution in [3.63, 3.8) is 0 Å². The summed E-state index contributed by atoms with van der Waals surface area (Å²) < 4.78 is 0. The van der Waals surface area contributed by atoms with E-state index in [-0.39, 0.29) is 17.9 Å². The van der Waals surface area contributed by atoms with Gasteiger partial charge in [0, 0.05) is 6.54 Å². The smallest absolute Gasteiger partial charge is 0.246 e. The number of amides is 2. The molecular weight excluding hydrogens is 264 g/mol. The minimum atomic E-state index is -0.535. The van der Waals surface area contributed by atoms with Crippen molar-refractivity contribution in [2.75, 3.05) is 6.54 Å². The van der Waals surface area contributed by atoms with Crippen molar-refractivity contribution in [1.29, 1.82) is 0 Å². The minimum Gasteiger partial charge on any atom is -0.343 e. The van der Waals surface area contributed by atoms with Gasteiger partial charge in [-0.1, -0.05) is 51.9 Å². The SMILES string of the molecule is CCCCCCCN1C(=O)C(C)NC(=O)C12CCCCC2. The van der Waals surface area contributed by atoms with E-state index < -0.39 is 5.54 Å². The maximum absolute atomic E-state index is 12.6. The molecule has 0 aromatic carbocycles. The van der Waals surface area contributed by atoms with Crippen LogP contribution < -0.4 is 5.32 Å². The first-order chi connectivity index (χ1) is 10.1. The topological polar surface area (TPSA) is 49.4 Å². The fourth-order valence-electron chi connectivity index (χ4n) is 3.79. The molecule has 1 aliphatic heterocycles. The summed E-state index contributed by atoms with van der Waals surface area (Å²) in [6, 6.07) is -0.360. The number of carbonyl (C=O) groups excluding carboxylic acids is 2. The van der Waals surface area contributed by atoms with Gasteiger partial charge >= 0.3 is 0 Å². The number of hydrogen-bond donors (Lipinski definition) is 1.